The molecule has 1 aromatic carbocycles. The Hall–Kier alpha value is -2.36. The predicted molar refractivity (Wildman–Crippen MR) is 90.1 cm³/mol. The van der Waals surface area contributed by atoms with Crippen LogP contribution in [0.4, 0.5) is 5.69 Å². The first-order valence-corrected chi connectivity index (χ1v) is 7.40. The molecule has 0 aliphatic rings. The Balaban J connectivity index is 2.12. The lowest BCUT2D eigenvalue weighted by Crippen LogP contribution is -2.18. The molecule has 0 saturated carbocycles. The molecule has 0 aliphatic heterocycles. The van der Waals surface area contributed by atoms with Crippen LogP contribution in [0, 0.1) is 25.2 Å². The molecular weight excluding hydrogens is 337 g/mol. The van der Waals surface area contributed by atoms with Crippen molar-refractivity contribution >= 4 is 40.5 Å². The molecule has 118 valence electrons. The molecule has 1 aromatic heterocycles. The van der Waals surface area contributed by atoms with Gasteiger partial charge in [0.1, 0.15) is 11.8 Å². The maximum absolute atomic E-state index is 12.2. The van der Waals surface area contributed by atoms with E-state index in [2.05, 4.69) is 15.6 Å². The summed E-state index contributed by atoms with van der Waals surface area (Å²) in [5.74, 6) is -0.332. The molecule has 0 bridgehead atoms. The Labute approximate surface area is 143 Å². The van der Waals surface area contributed by atoms with Gasteiger partial charge in [-0.25, -0.2) is 4.68 Å². The zero-order valence-corrected chi connectivity index (χ0v) is 14.0. The van der Waals surface area contributed by atoms with Gasteiger partial charge in [-0.15, -0.1) is 0 Å². The first kappa shape index (κ1) is 17.0. The molecule has 0 aliphatic carbocycles. The predicted octanol–water partition coefficient (Wildman–Crippen LogP) is 3.83. The first-order chi connectivity index (χ1) is 10.9. The number of halogens is 2. The highest BCUT2D eigenvalue weighted by Gasteiger charge is 2.13. The Bertz CT molecular complexity index is 800. The van der Waals surface area contributed by atoms with Gasteiger partial charge in [-0.3, -0.25) is 10.2 Å². The van der Waals surface area contributed by atoms with Gasteiger partial charge in [-0.05, 0) is 38.1 Å². The molecule has 2 rings (SSSR count). The second-order valence-electron chi connectivity index (χ2n) is 4.85. The molecule has 0 atom stereocenters. The molecule has 0 fully saturated rings. The minimum absolute atomic E-state index is 0.0265. The lowest BCUT2D eigenvalue weighted by atomic mass is 10.3. The van der Waals surface area contributed by atoms with E-state index in [-0.39, 0.29) is 18.0 Å². The summed E-state index contributed by atoms with van der Waals surface area (Å²) in [6, 6.07) is 8.46. The van der Waals surface area contributed by atoms with Crippen LogP contribution in [-0.2, 0) is 0 Å². The van der Waals surface area contributed by atoms with Gasteiger partial charge >= 0.3 is 0 Å². The van der Waals surface area contributed by atoms with Crippen LogP contribution < -0.4 is 5.43 Å². The number of anilines is 1. The van der Waals surface area contributed by atoms with E-state index in [1.165, 1.54) is 4.68 Å². The largest absolute Gasteiger partial charge is 0.277 e. The lowest BCUT2D eigenvalue weighted by Gasteiger charge is -2.04. The summed E-state index contributed by atoms with van der Waals surface area (Å²) in [4.78, 5) is 12.2. The molecule has 0 spiro atoms. The summed E-state index contributed by atoms with van der Waals surface area (Å²) in [6.07, 6.45) is -0.167. The van der Waals surface area contributed by atoms with Crippen molar-refractivity contribution in [2.75, 3.05) is 5.43 Å². The number of nitriles is 1. The number of carbonyl (C=O) groups excluding carboxylic acids is 1. The van der Waals surface area contributed by atoms with E-state index in [1.807, 2.05) is 6.07 Å². The van der Waals surface area contributed by atoms with Gasteiger partial charge in [0.25, 0.3) is 5.91 Å². The van der Waals surface area contributed by atoms with Gasteiger partial charge in [-0.2, -0.15) is 15.5 Å². The summed E-state index contributed by atoms with van der Waals surface area (Å²) in [7, 11) is 0. The van der Waals surface area contributed by atoms with Gasteiger partial charge in [0.05, 0.1) is 17.8 Å². The summed E-state index contributed by atoms with van der Waals surface area (Å²) in [5, 5.41) is 18.0. The molecule has 1 N–H and O–H groups in total. The number of nitrogens with zero attached hydrogens (tertiary/aromatic N) is 4. The fourth-order valence-electron chi connectivity index (χ4n) is 1.95. The number of carbonyl (C=O) groups is 1. The van der Waals surface area contributed by atoms with E-state index in [9.17, 15) is 4.79 Å². The van der Waals surface area contributed by atoms with Crippen molar-refractivity contribution in [3.05, 3.63) is 45.7 Å². The van der Waals surface area contributed by atoms with E-state index < -0.39 is 0 Å². The molecule has 0 radical (unpaired) electrons. The molecule has 8 heteroatoms. The minimum atomic E-state index is -0.332. The van der Waals surface area contributed by atoms with Crippen molar-refractivity contribution in [3.63, 3.8) is 0 Å². The lowest BCUT2D eigenvalue weighted by molar-refractivity contribution is 0.0904. The van der Waals surface area contributed by atoms with Crippen molar-refractivity contribution in [1.29, 1.82) is 5.26 Å². The molecule has 0 amide bonds. The van der Waals surface area contributed by atoms with Crippen LogP contribution in [0.5, 0.6) is 0 Å². The normalized spacial score (nSPS) is 11.2. The number of aryl methyl sites for hydroxylation is 2. The van der Waals surface area contributed by atoms with E-state index in [1.54, 1.807) is 38.1 Å². The van der Waals surface area contributed by atoms with Gasteiger partial charge < -0.3 is 0 Å². The maximum atomic E-state index is 12.2. The quantitative estimate of drug-likeness (QED) is 0.671. The highest BCUT2D eigenvalue weighted by Crippen LogP contribution is 2.22. The Morgan fingerprint density at radius 3 is 2.48 bits per heavy atom. The molecule has 23 heavy (non-hydrogen) atoms. The second-order valence-corrected chi connectivity index (χ2v) is 5.72. The van der Waals surface area contributed by atoms with Crippen LogP contribution in [0.2, 0.25) is 10.0 Å². The van der Waals surface area contributed by atoms with Crippen molar-refractivity contribution in [1.82, 2.24) is 9.78 Å². The number of hydrogen-bond acceptors (Lipinski definition) is 5. The molecular formula is C15H13Cl2N5O. The van der Waals surface area contributed by atoms with E-state index in [0.29, 0.717) is 21.4 Å². The van der Waals surface area contributed by atoms with Crippen LogP contribution in [0.3, 0.4) is 0 Å². The SMILES string of the molecule is Cc1cc(C)n(C(=O)C/C(C#N)=N\Nc2cc(Cl)cc(Cl)c2)n1. The van der Waals surface area contributed by atoms with Crippen LogP contribution in [0.15, 0.2) is 29.4 Å². The summed E-state index contributed by atoms with van der Waals surface area (Å²) in [5.41, 5.74) is 4.66. The highest BCUT2D eigenvalue weighted by atomic mass is 35.5. The second kappa shape index (κ2) is 7.27. The number of aromatic nitrogens is 2. The third-order valence-corrected chi connectivity index (χ3v) is 3.31. The van der Waals surface area contributed by atoms with Gasteiger partial charge in [0.15, 0.2) is 0 Å². The number of rotatable bonds is 4. The van der Waals surface area contributed by atoms with Gasteiger partial charge in [0.2, 0.25) is 0 Å². The average Bonchev–Trinajstić information content (AvgIpc) is 2.81. The molecule has 0 saturated heterocycles. The van der Waals surface area contributed by atoms with Crippen LogP contribution in [-0.4, -0.2) is 21.4 Å². The van der Waals surface area contributed by atoms with Crippen molar-refractivity contribution < 1.29 is 4.79 Å². The van der Waals surface area contributed by atoms with Crippen molar-refractivity contribution in [2.45, 2.75) is 20.3 Å². The number of hydrogen-bond donors (Lipinski definition) is 1. The molecule has 2 aromatic rings. The number of hydrazone groups is 1. The number of benzene rings is 1. The van der Waals surface area contributed by atoms with Crippen LogP contribution >= 0.6 is 23.2 Å². The van der Waals surface area contributed by atoms with Gasteiger partial charge in [0, 0.05) is 15.7 Å². The van der Waals surface area contributed by atoms with Crippen LogP contribution in [0.25, 0.3) is 0 Å². The smallest absolute Gasteiger partial charge is 0.253 e. The molecule has 6 nitrogen and oxygen atoms in total. The van der Waals surface area contributed by atoms with E-state index >= 15 is 0 Å². The molecule has 1 heterocycles. The Morgan fingerprint density at radius 2 is 1.96 bits per heavy atom. The fraction of sp³-hybridized carbons (Fsp3) is 0.200. The third kappa shape index (κ3) is 4.55. The zero-order chi connectivity index (χ0) is 17.0. The van der Waals surface area contributed by atoms with Gasteiger partial charge in [-0.1, -0.05) is 23.2 Å². The van der Waals surface area contributed by atoms with Crippen molar-refractivity contribution in [2.24, 2.45) is 5.10 Å². The summed E-state index contributed by atoms with van der Waals surface area (Å²) >= 11 is 11.8. The standard InChI is InChI=1S/C15H13Cl2N5O/c1-9-3-10(2)22(21-9)15(23)7-14(8-18)20-19-13-5-11(16)4-12(17)6-13/h3-6,19H,7H2,1-2H3/b20-14+. The number of nitrogens with one attached hydrogen (secondary N) is 1. The molecule has 0 unspecified atom stereocenters. The van der Waals surface area contributed by atoms with E-state index in [4.69, 9.17) is 28.5 Å². The zero-order valence-electron chi connectivity index (χ0n) is 12.5. The minimum Gasteiger partial charge on any atom is -0.277 e. The van der Waals surface area contributed by atoms with Crippen molar-refractivity contribution in [3.8, 4) is 6.07 Å². The summed E-state index contributed by atoms with van der Waals surface area (Å²) < 4.78 is 1.26. The highest BCUT2D eigenvalue weighted by molar-refractivity contribution is 6.35. The monoisotopic (exact) mass is 349 g/mol. The maximum Gasteiger partial charge on any atom is 0.253 e. The first-order valence-electron chi connectivity index (χ1n) is 6.64. The Morgan fingerprint density at radius 1 is 1.30 bits per heavy atom. The topological polar surface area (TPSA) is 83.1 Å². The average molecular weight is 350 g/mol. The third-order valence-electron chi connectivity index (χ3n) is 2.88. The summed E-state index contributed by atoms with van der Waals surface area (Å²) in [6.45, 7) is 3.56. The van der Waals surface area contributed by atoms with E-state index in [0.717, 1.165) is 5.69 Å². The fourth-order valence-corrected chi connectivity index (χ4v) is 2.48. The van der Waals surface area contributed by atoms with Crippen LogP contribution in [0.1, 0.15) is 22.6 Å². The Kier molecular flexibility index (Phi) is 5.37.